The Kier molecular flexibility index (Phi) is 5.24. The van der Waals surface area contributed by atoms with Gasteiger partial charge in [0.15, 0.2) is 5.78 Å². The monoisotopic (exact) mass is 256 g/mol. The van der Waals surface area contributed by atoms with Crippen LogP contribution in [0.4, 0.5) is 0 Å². The lowest BCUT2D eigenvalue weighted by molar-refractivity contribution is -0.122. The number of carbonyl (C=O) groups is 1. The first-order valence-electron chi connectivity index (χ1n) is 5.68. The van der Waals surface area contributed by atoms with E-state index >= 15 is 0 Å². The summed E-state index contributed by atoms with van der Waals surface area (Å²) in [6.45, 7) is 7.32. The molecule has 2 N–H and O–H groups in total. The van der Waals surface area contributed by atoms with Gasteiger partial charge in [0.1, 0.15) is 11.6 Å². The minimum absolute atomic E-state index is 0.0356. The lowest BCUT2D eigenvalue weighted by atomic mass is 9.93. The summed E-state index contributed by atoms with van der Waals surface area (Å²) in [5.41, 5.74) is 6.34. The maximum atomic E-state index is 11.5. The number of carbonyl (C=O) groups excluding carboxylic acids is 1. The van der Waals surface area contributed by atoms with Crippen molar-refractivity contribution in [1.82, 2.24) is 4.98 Å². The summed E-state index contributed by atoms with van der Waals surface area (Å²) >= 11 is 1.53. The molecule has 0 radical (unpaired) electrons. The van der Waals surface area contributed by atoms with Crippen molar-refractivity contribution in [1.29, 1.82) is 0 Å². The van der Waals surface area contributed by atoms with Crippen LogP contribution >= 0.6 is 11.3 Å². The van der Waals surface area contributed by atoms with Gasteiger partial charge in [-0.3, -0.25) is 4.79 Å². The molecule has 4 nitrogen and oxygen atoms in total. The van der Waals surface area contributed by atoms with Gasteiger partial charge in [-0.2, -0.15) is 0 Å². The third kappa shape index (κ3) is 4.93. The topological polar surface area (TPSA) is 65.2 Å². The number of Topliss-reactive ketones (excluding diaryl/α,β-unsaturated/α-hetero) is 1. The van der Waals surface area contributed by atoms with Gasteiger partial charge in [0.2, 0.25) is 0 Å². The smallest absolute Gasteiger partial charge is 0.165 e. The highest BCUT2D eigenvalue weighted by atomic mass is 32.1. The molecule has 0 aliphatic carbocycles. The lowest BCUT2D eigenvalue weighted by Crippen LogP contribution is -2.16. The number of hydrogen-bond donors (Lipinski definition) is 1. The van der Waals surface area contributed by atoms with Gasteiger partial charge < -0.3 is 10.5 Å². The van der Waals surface area contributed by atoms with Crippen LogP contribution in [-0.4, -0.2) is 30.5 Å². The molecule has 1 aromatic heterocycles. The van der Waals surface area contributed by atoms with Crippen molar-refractivity contribution < 1.29 is 9.53 Å². The highest BCUT2D eigenvalue weighted by Crippen LogP contribution is 2.24. The minimum atomic E-state index is 0.0356. The molecule has 0 spiro atoms. The number of nitrogens with zero attached hydrogens (tertiary/aromatic N) is 1. The normalized spacial score (nSPS) is 11.8. The SMILES string of the molecule is CC(C)(C)c1csc(CC(=O)COCCN)n1. The van der Waals surface area contributed by atoms with Crippen LogP contribution < -0.4 is 5.73 Å². The van der Waals surface area contributed by atoms with Crippen molar-refractivity contribution in [3.05, 3.63) is 16.1 Å². The number of thiazole rings is 1. The quantitative estimate of drug-likeness (QED) is 0.784. The predicted octanol–water partition coefficient (Wildman–Crippen LogP) is 1.53. The van der Waals surface area contributed by atoms with Crippen LogP contribution in [-0.2, 0) is 21.4 Å². The van der Waals surface area contributed by atoms with E-state index in [1.807, 2.05) is 5.38 Å². The van der Waals surface area contributed by atoms with E-state index in [0.29, 0.717) is 19.6 Å². The first-order valence-corrected chi connectivity index (χ1v) is 6.56. The summed E-state index contributed by atoms with van der Waals surface area (Å²) in [4.78, 5) is 16.0. The third-order valence-corrected chi connectivity index (χ3v) is 3.04. The highest BCUT2D eigenvalue weighted by Gasteiger charge is 2.18. The Hall–Kier alpha value is -0.780. The lowest BCUT2D eigenvalue weighted by Gasteiger charge is -2.14. The Morgan fingerprint density at radius 1 is 1.53 bits per heavy atom. The minimum Gasteiger partial charge on any atom is -0.372 e. The second kappa shape index (κ2) is 6.23. The summed E-state index contributed by atoms with van der Waals surface area (Å²) in [6.07, 6.45) is 0.352. The number of ether oxygens (including phenoxy) is 1. The average molecular weight is 256 g/mol. The molecule has 5 heteroatoms. The van der Waals surface area contributed by atoms with E-state index in [-0.39, 0.29) is 17.8 Å². The van der Waals surface area contributed by atoms with Crippen molar-refractivity contribution in [3.63, 3.8) is 0 Å². The molecule has 0 unspecified atom stereocenters. The Morgan fingerprint density at radius 3 is 2.76 bits per heavy atom. The molecular weight excluding hydrogens is 236 g/mol. The summed E-state index contributed by atoms with van der Waals surface area (Å²) in [5, 5.41) is 2.87. The summed E-state index contributed by atoms with van der Waals surface area (Å²) in [7, 11) is 0. The van der Waals surface area contributed by atoms with Crippen molar-refractivity contribution in [3.8, 4) is 0 Å². The first kappa shape index (κ1) is 14.3. The van der Waals surface area contributed by atoms with E-state index in [9.17, 15) is 4.79 Å². The second-order valence-electron chi connectivity index (χ2n) is 4.93. The van der Waals surface area contributed by atoms with Crippen LogP contribution in [0.15, 0.2) is 5.38 Å². The van der Waals surface area contributed by atoms with Gasteiger partial charge >= 0.3 is 0 Å². The molecule has 1 rings (SSSR count). The third-order valence-electron chi connectivity index (χ3n) is 2.19. The standard InChI is InChI=1S/C12H20N2O2S/c1-12(2,3)10-8-17-11(14-10)6-9(15)7-16-5-4-13/h8H,4-7,13H2,1-3H3. The molecule has 0 atom stereocenters. The molecule has 0 aromatic carbocycles. The zero-order chi connectivity index (χ0) is 12.9. The molecule has 0 saturated carbocycles. The number of nitrogens with two attached hydrogens (primary N) is 1. The molecule has 96 valence electrons. The van der Waals surface area contributed by atoms with E-state index < -0.39 is 0 Å². The van der Waals surface area contributed by atoms with Crippen molar-refractivity contribution in [2.75, 3.05) is 19.8 Å². The van der Waals surface area contributed by atoms with Gasteiger partial charge in [0, 0.05) is 17.3 Å². The van der Waals surface area contributed by atoms with Crippen LogP contribution in [0.3, 0.4) is 0 Å². The molecule has 0 aliphatic heterocycles. The largest absolute Gasteiger partial charge is 0.372 e. The van der Waals surface area contributed by atoms with E-state index in [1.54, 1.807) is 0 Å². The average Bonchev–Trinajstić information content (AvgIpc) is 2.66. The summed E-state index contributed by atoms with van der Waals surface area (Å²) < 4.78 is 5.09. The van der Waals surface area contributed by atoms with Crippen molar-refractivity contribution in [2.45, 2.75) is 32.6 Å². The summed E-state index contributed by atoms with van der Waals surface area (Å²) in [6, 6.07) is 0. The zero-order valence-electron chi connectivity index (χ0n) is 10.7. The molecule has 1 aromatic rings. The molecule has 0 bridgehead atoms. The Morgan fingerprint density at radius 2 is 2.24 bits per heavy atom. The van der Waals surface area contributed by atoms with Gasteiger partial charge in [-0.1, -0.05) is 20.8 Å². The van der Waals surface area contributed by atoms with E-state index in [1.165, 1.54) is 11.3 Å². The second-order valence-corrected chi connectivity index (χ2v) is 5.88. The fraction of sp³-hybridized carbons (Fsp3) is 0.667. The van der Waals surface area contributed by atoms with Crippen LogP contribution in [0, 0.1) is 0 Å². The number of hydrogen-bond acceptors (Lipinski definition) is 5. The molecule has 0 aliphatic rings. The molecule has 1 heterocycles. The van der Waals surface area contributed by atoms with Crippen LogP contribution in [0.25, 0.3) is 0 Å². The van der Waals surface area contributed by atoms with Gasteiger partial charge in [0.25, 0.3) is 0 Å². The molecule has 17 heavy (non-hydrogen) atoms. The molecular formula is C12H20N2O2S. The predicted molar refractivity (Wildman–Crippen MR) is 69.4 cm³/mol. The van der Waals surface area contributed by atoms with Crippen LogP contribution in [0.5, 0.6) is 0 Å². The fourth-order valence-electron chi connectivity index (χ4n) is 1.23. The maximum absolute atomic E-state index is 11.5. The molecule has 0 amide bonds. The van der Waals surface area contributed by atoms with Gasteiger partial charge in [-0.15, -0.1) is 11.3 Å². The zero-order valence-corrected chi connectivity index (χ0v) is 11.5. The number of aromatic nitrogens is 1. The van der Waals surface area contributed by atoms with Gasteiger partial charge in [0.05, 0.1) is 18.7 Å². The maximum Gasteiger partial charge on any atom is 0.165 e. The van der Waals surface area contributed by atoms with Crippen LogP contribution in [0.2, 0.25) is 0 Å². The van der Waals surface area contributed by atoms with Crippen LogP contribution in [0.1, 0.15) is 31.5 Å². The van der Waals surface area contributed by atoms with Gasteiger partial charge in [-0.05, 0) is 0 Å². The summed E-state index contributed by atoms with van der Waals surface area (Å²) in [5.74, 6) is 0.0493. The Bertz CT molecular complexity index is 369. The first-order chi connectivity index (χ1) is 7.93. The van der Waals surface area contributed by atoms with Gasteiger partial charge in [-0.25, -0.2) is 4.98 Å². The van der Waals surface area contributed by atoms with Crippen molar-refractivity contribution >= 4 is 17.1 Å². The number of ketones is 1. The highest BCUT2D eigenvalue weighted by molar-refractivity contribution is 7.09. The Labute approximate surface area is 106 Å². The van der Waals surface area contributed by atoms with Crippen molar-refractivity contribution in [2.24, 2.45) is 5.73 Å². The molecule has 0 saturated heterocycles. The molecule has 0 fully saturated rings. The van der Waals surface area contributed by atoms with E-state index in [0.717, 1.165) is 10.7 Å². The fourth-order valence-corrected chi connectivity index (χ4v) is 2.27. The number of rotatable bonds is 6. The van der Waals surface area contributed by atoms with E-state index in [2.05, 4.69) is 25.8 Å². The Balaban J connectivity index is 2.46. The van der Waals surface area contributed by atoms with E-state index in [4.69, 9.17) is 10.5 Å².